The summed E-state index contributed by atoms with van der Waals surface area (Å²) >= 11 is 0. The third kappa shape index (κ3) is 2.14. The normalized spacial score (nSPS) is 16.1. The molecule has 0 spiro atoms. The lowest BCUT2D eigenvalue weighted by Gasteiger charge is -2.29. The number of pyridine rings is 1. The highest BCUT2D eigenvalue weighted by Crippen LogP contribution is 2.38. The Morgan fingerprint density at radius 3 is 2.80 bits per heavy atom. The fourth-order valence-corrected chi connectivity index (χ4v) is 2.23. The van der Waals surface area contributed by atoms with E-state index in [0.29, 0.717) is 6.54 Å². The summed E-state index contributed by atoms with van der Waals surface area (Å²) in [6, 6.07) is 5.92. The maximum atomic E-state index is 5.86. The maximum Gasteiger partial charge on any atom is 0.231 e. The average Bonchev–Trinajstić information content (AvgIpc) is 2.92. The van der Waals surface area contributed by atoms with Crippen molar-refractivity contribution in [2.75, 3.05) is 18.7 Å². The van der Waals surface area contributed by atoms with E-state index in [2.05, 4.69) is 24.1 Å². The Labute approximate surface area is 118 Å². The number of fused-ring (bicyclic) bond motifs is 2. The van der Waals surface area contributed by atoms with E-state index in [0.717, 1.165) is 34.5 Å². The Morgan fingerprint density at radius 1 is 1.35 bits per heavy atom. The van der Waals surface area contributed by atoms with E-state index in [-0.39, 0.29) is 12.3 Å². The van der Waals surface area contributed by atoms with E-state index >= 15 is 0 Å². The summed E-state index contributed by atoms with van der Waals surface area (Å²) in [6.45, 7) is 5.03. The van der Waals surface area contributed by atoms with Crippen LogP contribution in [-0.2, 0) is 0 Å². The van der Waals surface area contributed by atoms with Gasteiger partial charge in [-0.2, -0.15) is 0 Å². The fourth-order valence-electron chi connectivity index (χ4n) is 2.23. The number of hydrogen-bond acceptors (Lipinski definition) is 5. The molecule has 1 aromatic heterocycles. The van der Waals surface area contributed by atoms with Gasteiger partial charge in [0.2, 0.25) is 6.79 Å². The molecule has 1 aromatic carbocycles. The van der Waals surface area contributed by atoms with E-state index in [1.165, 1.54) is 0 Å². The molecule has 1 atom stereocenters. The molecule has 0 aliphatic carbocycles. The zero-order chi connectivity index (χ0) is 14.2. The van der Waals surface area contributed by atoms with Crippen LogP contribution in [0, 0.1) is 0 Å². The molecule has 5 nitrogen and oxygen atoms in total. The van der Waals surface area contributed by atoms with Gasteiger partial charge in [-0.3, -0.25) is 0 Å². The molecule has 1 unspecified atom stereocenters. The summed E-state index contributed by atoms with van der Waals surface area (Å²) in [6.07, 6.45) is 2.71. The minimum absolute atomic E-state index is 0.169. The van der Waals surface area contributed by atoms with Crippen molar-refractivity contribution in [3.63, 3.8) is 0 Å². The fraction of sp³-hybridized carbons (Fsp3) is 0.400. The number of ether oxygens (including phenoxy) is 2. The highest BCUT2D eigenvalue weighted by atomic mass is 16.7. The van der Waals surface area contributed by atoms with Gasteiger partial charge in [-0.25, -0.2) is 4.98 Å². The zero-order valence-corrected chi connectivity index (χ0v) is 11.8. The number of benzene rings is 1. The third-order valence-electron chi connectivity index (χ3n) is 3.91. The van der Waals surface area contributed by atoms with Crippen molar-refractivity contribution in [1.82, 2.24) is 4.98 Å². The van der Waals surface area contributed by atoms with Gasteiger partial charge >= 0.3 is 0 Å². The zero-order valence-electron chi connectivity index (χ0n) is 11.8. The second-order valence-electron chi connectivity index (χ2n) is 5.33. The molecule has 106 valence electrons. The number of hydrogen-bond donors (Lipinski definition) is 2. The first-order valence-corrected chi connectivity index (χ1v) is 6.82. The largest absolute Gasteiger partial charge is 0.454 e. The maximum absolute atomic E-state index is 5.86. The van der Waals surface area contributed by atoms with E-state index < -0.39 is 0 Å². The Hall–Kier alpha value is -2.01. The smallest absolute Gasteiger partial charge is 0.231 e. The van der Waals surface area contributed by atoms with E-state index in [4.69, 9.17) is 15.2 Å². The number of nitrogens with two attached hydrogens (primary N) is 1. The minimum Gasteiger partial charge on any atom is -0.454 e. The van der Waals surface area contributed by atoms with Crippen molar-refractivity contribution in [2.24, 2.45) is 5.73 Å². The van der Waals surface area contributed by atoms with Gasteiger partial charge in [0.05, 0.1) is 0 Å². The third-order valence-corrected chi connectivity index (χ3v) is 3.91. The first-order valence-electron chi connectivity index (χ1n) is 6.82. The Balaban J connectivity index is 2.07. The molecule has 20 heavy (non-hydrogen) atoms. The summed E-state index contributed by atoms with van der Waals surface area (Å²) in [5.74, 6) is 2.38. The summed E-state index contributed by atoms with van der Waals surface area (Å²) in [4.78, 5) is 4.45. The summed E-state index contributed by atoms with van der Waals surface area (Å²) in [5.41, 5.74) is 5.70. The van der Waals surface area contributed by atoms with Crippen molar-refractivity contribution in [1.29, 1.82) is 0 Å². The van der Waals surface area contributed by atoms with Gasteiger partial charge in [0, 0.05) is 23.7 Å². The number of anilines is 1. The Kier molecular flexibility index (Phi) is 3.14. The van der Waals surface area contributed by atoms with Crippen molar-refractivity contribution >= 4 is 16.6 Å². The van der Waals surface area contributed by atoms with Gasteiger partial charge in [0.15, 0.2) is 11.5 Å². The van der Waals surface area contributed by atoms with Crippen LogP contribution in [0.15, 0.2) is 24.4 Å². The molecule has 2 aromatic rings. The number of nitrogens with zero attached hydrogens (tertiary/aromatic N) is 1. The van der Waals surface area contributed by atoms with Crippen molar-refractivity contribution in [3.05, 3.63) is 24.4 Å². The van der Waals surface area contributed by atoms with E-state index in [9.17, 15) is 0 Å². The number of rotatable bonds is 4. The minimum atomic E-state index is -0.169. The van der Waals surface area contributed by atoms with Crippen LogP contribution in [0.2, 0.25) is 0 Å². The van der Waals surface area contributed by atoms with Gasteiger partial charge in [-0.15, -0.1) is 0 Å². The molecule has 0 saturated heterocycles. The quantitative estimate of drug-likeness (QED) is 0.895. The highest BCUT2D eigenvalue weighted by molar-refractivity contribution is 5.94. The topological polar surface area (TPSA) is 69.4 Å². The molecule has 0 bridgehead atoms. The molecule has 0 saturated carbocycles. The molecule has 0 fully saturated rings. The van der Waals surface area contributed by atoms with Crippen molar-refractivity contribution < 1.29 is 9.47 Å². The average molecular weight is 273 g/mol. The van der Waals surface area contributed by atoms with E-state index in [1.807, 2.05) is 18.2 Å². The van der Waals surface area contributed by atoms with E-state index in [1.54, 1.807) is 6.20 Å². The first-order chi connectivity index (χ1) is 9.65. The lowest BCUT2D eigenvalue weighted by Crippen LogP contribution is -2.42. The molecule has 3 rings (SSSR count). The van der Waals surface area contributed by atoms with Gasteiger partial charge < -0.3 is 20.5 Å². The lowest BCUT2D eigenvalue weighted by atomic mass is 9.98. The van der Waals surface area contributed by atoms with Gasteiger partial charge in [0.1, 0.15) is 5.82 Å². The Morgan fingerprint density at radius 2 is 2.10 bits per heavy atom. The molecule has 5 heteroatoms. The summed E-state index contributed by atoms with van der Waals surface area (Å²) in [7, 11) is 0. The number of aromatic nitrogens is 1. The SMILES string of the molecule is CCC(C)(CN)Nc1nccc2cc3c(cc12)OCO3. The van der Waals surface area contributed by atoms with Gasteiger partial charge in [0.25, 0.3) is 0 Å². The molecule has 1 aliphatic heterocycles. The molecule has 1 aliphatic rings. The second kappa shape index (κ2) is 4.83. The van der Waals surface area contributed by atoms with Crippen LogP contribution in [0.5, 0.6) is 11.5 Å². The molecule has 3 N–H and O–H groups in total. The van der Waals surface area contributed by atoms with Gasteiger partial charge in [-0.1, -0.05) is 6.92 Å². The standard InChI is InChI=1S/C15H19N3O2/c1-3-15(2,8-16)18-14-11-7-13-12(19-9-20-13)6-10(11)4-5-17-14/h4-7H,3,8-9,16H2,1-2H3,(H,17,18). The predicted molar refractivity (Wildman–Crippen MR) is 79.2 cm³/mol. The summed E-state index contributed by atoms with van der Waals surface area (Å²) in [5, 5.41) is 5.55. The van der Waals surface area contributed by atoms with Crippen LogP contribution < -0.4 is 20.5 Å². The predicted octanol–water partition coefficient (Wildman–Crippen LogP) is 2.50. The molecule has 2 heterocycles. The van der Waals surface area contributed by atoms with Crippen LogP contribution in [0.25, 0.3) is 10.8 Å². The monoisotopic (exact) mass is 273 g/mol. The van der Waals surface area contributed by atoms with Crippen LogP contribution in [0.1, 0.15) is 20.3 Å². The van der Waals surface area contributed by atoms with Crippen molar-refractivity contribution in [2.45, 2.75) is 25.8 Å². The Bertz CT molecular complexity index is 638. The highest BCUT2D eigenvalue weighted by Gasteiger charge is 2.22. The molecule has 0 amide bonds. The summed E-state index contributed by atoms with van der Waals surface area (Å²) < 4.78 is 10.8. The molecular weight excluding hydrogens is 254 g/mol. The van der Waals surface area contributed by atoms with Gasteiger partial charge in [-0.05, 0) is 36.9 Å². The first kappa shape index (κ1) is 13.0. The van der Waals surface area contributed by atoms with Crippen LogP contribution >= 0.6 is 0 Å². The lowest BCUT2D eigenvalue weighted by molar-refractivity contribution is 0.174. The molecule has 0 radical (unpaired) electrons. The van der Waals surface area contributed by atoms with Crippen LogP contribution in [-0.4, -0.2) is 23.9 Å². The van der Waals surface area contributed by atoms with Crippen LogP contribution in [0.4, 0.5) is 5.82 Å². The second-order valence-corrected chi connectivity index (χ2v) is 5.33. The van der Waals surface area contributed by atoms with Crippen molar-refractivity contribution in [3.8, 4) is 11.5 Å². The molecular formula is C15H19N3O2. The number of nitrogens with one attached hydrogen (secondary N) is 1. The van der Waals surface area contributed by atoms with Crippen LogP contribution in [0.3, 0.4) is 0 Å².